The molecule has 1 amide bonds. The van der Waals surface area contributed by atoms with Gasteiger partial charge in [0, 0.05) is 13.0 Å². The molecule has 142 valence electrons. The van der Waals surface area contributed by atoms with Gasteiger partial charge in [0.25, 0.3) is 0 Å². The molecule has 0 saturated carbocycles. The molecule has 1 atom stereocenters. The van der Waals surface area contributed by atoms with Gasteiger partial charge >= 0.3 is 0 Å². The molecule has 0 aliphatic carbocycles. The van der Waals surface area contributed by atoms with Crippen LogP contribution in [0.3, 0.4) is 0 Å². The van der Waals surface area contributed by atoms with E-state index in [-0.39, 0.29) is 12.0 Å². The maximum Gasteiger partial charge on any atom is 0.219 e. The molecule has 0 spiro atoms. The second-order valence-electron chi connectivity index (χ2n) is 6.87. The Balaban J connectivity index is 3.30. The first-order valence-corrected chi connectivity index (χ1v) is 10.3. The number of carbonyl (C=O) groups is 1. The minimum atomic E-state index is -0.156. The summed E-state index contributed by atoms with van der Waals surface area (Å²) in [6.45, 7) is 5.09. The molecule has 0 unspecified atom stereocenters. The minimum Gasteiger partial charge on any atom is -0.393 e. The molecule has 0 radical (unpaired) electrons. The Labute approximate surface area is 150 Å². The average molecular weight is 340 g/mol. The van der Waals surface area contributed by atoms with Crippen LogP contribution in [0.25, 0.3) is 0 Å². The number of amides is 1. The van der Waals surface area contributed by atoms with E-state index in [9.17, 15) is 9.90 Å². The lowest BCUT2D eigenvalue weighted by Crippen LogP contribution is -2.23. The normalized spacial score (nSPS) is 12.6. The third-order valence-corrected chi connectivity index (χ3v) is 4.31. The fourth-order valence-corrected chi connectivity index (χ4v) is 2.73. The molecule has 3 heteroatoms. The van der Waals surface area contributed by atoms with Crippen LogP contribution in [-0.4, -0.2) is 23.7 Å². The van der Waals surface area contributed by atoms with E-state index in [2.05, 4.69) is 31.3 Å². The highest BCUT2D eigenvalue weighted by Crippen LogP contribution is 2.10. The molecular formula is C21H41NO2. The molecular weight excluding hydrogens is 298 g/mol. The molecule has 0 aliphatic rings. The number of hydrogen-bond donors (Lipinski definition) is 2. The van der Waals surface area contributed by atoms with Gasteiger partial charge in [-0.05, 0) is 38.5 Å². The molecule has 0 fully saturated rings. The lowest BCUT2D eigenvalue weighted by molar-refractivity contribution is -0.121. The molecule has 0 aromatic heterocycles. The van der Waals surface area contributed by atoms with Crippen molar-refractivity contribution in [3.8, 4) is 0 Å². The molecule has 3 nitrogen and oxygen atoms in total. The van der Waals surface area contributed by atoms with Gasteiger partial charge in [-0.2, -0.15) is 0 Å². The highest BCUT2D eigenvalue weighted by molar-refractivity contribution is 5.75. The van der Waals surface area contributed by atoms with Crippen LogP contribution in [-0.2, 0) is 4.79 Å². The van der Waals surface area contributed by atoms with E-state index in [1.807, 2.05) is 0 Å². The number of unbranched alkanes of at least 4 members (excludes halogenated alkanes) is 8. The van der Waals surface area contributed by atoms with Crippen LogP contribution in [0.4, 0.5) is 0 Å². The molecule has 2 N–H and O–H groups in total. The van der Waals surface area contributed by atoms with Crippen LogP contribution in [0.2, 0.25) is 0 Å². The summed E-state index contributed by atoms with van der Waals surface area (Å²) in [7, 11) is 0. The zero-order chi connectivity index (χ0) is 17.9. The van der Waals surface area contributed by atoms with Gasteiger partial charge in [0.05, 0.1) is 6.10 Å². The fraction of sp³-hybridized carbons (Fsp3) is 0.857. The largest absolute Gasteiger partial charge is 0.393 e. The smallest absolute Gasteiger partial charge is 0.219 e. The summed E-state index contributed by atoms with van der Waals surface area (Å²) in [5.74, 6) is 0.202. The third-order valence-electron chi connectivity index (χ3n) is 4.31. The molecule has 24 heavy (non-hydrogen) atoms. The van der Waals surface area contributed by atoms with E-state index in [0.717, 1.165) is 51.5 Å². The molecule has 0 bridgehead atoms. The van der Waals surface area contributed by atoms with Gasteiger partial charge in [-0.25, -0.2) is 0 Å². The van der Waals surface area contributed by atoms with E-state index in [0.29, 0.717) is 6.42 Å². The summed E-state index contributed by atoms with van der Waals surface area (Å²) in [6.07, 6.45) is 19.5. The topological polar surface area (TPSA) is 49.3 Å². The summed E-state index contributed by atoms with van der Waals surface area (Å²) in [6, 6.07) is 0. The van der Waals surface area contributed by atoms with E-state index in [4.69, 9.17) is 0 Å². The quantitative estimate of drug-likeness (QED) is 0.271. The first-order valence-electron chi connectivity index (χ1n) is 10.3. The van der Waals surface area contributed by atoms with Crippen LogP contribution in [0.15, 0.2) is 12.2 Å². The molecule has 0 saturated heterocycles. The number of aliphatic hydroxyl groups is 1. The third kappa shape index (κ3) is 17.5. The van der Waals surface area contributed by atoms with Crippen molar-refractivity contribution in [2.24, 2.45) is 0 Å². The van der Waals surface area contributed by atoms with Gasteiger partial charge in [-0.15, -0.1) is 0 Å². The van der Waals surface area contributed by atoms with E-state index >= 15 is 0 Å². The second kappa shape index (κ2) is 18.5. The molecule has 0 aromatic rings. The van der Waals surface area contributed by atoms with Crippen LogP contribution >= 0.6 is 0 Å². The van der Waals surface area contributed by atoms with Crippen LogP contribution < -0.4 is 5.32 Å². The zero-order valence-electron chi connectivity index (χ0n) is 16.2. The van der Waals surface area contributed by atoms with Crippen molar-refractivity contribution in [3.63, 3.8) is 0 Å². The minimum absolute atomic E-state index is 0.156. The van der Waals surface area contributed by atoms with Gasteiger partial charge in [0.15, 0.2) is 0 Å². The van der Waals surface area contributed by atoms with Crippen LogP contribution in [0.5, 0.6) is 0 Å². The van der Waals surface area contributed by atoms with Gasteiger partial charge in [-0.1, -0.05) is 70.9 Å². The number of aliphatic hydroxyl groups excluding tert-OH is 1. The standard InChI is InChI=1S/C21H41NO2/c1-3-5-6-13-16-20(23)17-14-11-9-7-8-10-12-15-18-21(24)22-19-4-2/h11,14,20,23H,3-10,12-13,15-19H2,1-2H3,(H,22,24)/b14-11-/t20-/m1/s1. The zero-order valence-corrected chi connectivity index (χ0v) is 16.2. The summed E-state index contributed by atoms with van der Waals surface area (Å²) >= 11 is 0. The number of nitrogens with one attached hydrogen (secondary N) is 1. The lowest BCUT2D eigenvalue weighted by atomic mass is 10.1. The lowest BCUT2D eigenvalue weighted by Gasteiger charge is -2.07. The van der Waals surface area contributed by atoms with Crippen molar-refractivity contribution in [1.29, 1.82) is 0 Å². The number of hydrogen-bond acceptors (Lipinski definition) is 2. The summed E-state index contributed by atoms with van der Waals surface area (Å²) in [5.41, 5.74) is 0. The number of carbonyl (C=O) groups excluding carboxylic acids is 1. The predicted molar refractivity (Wildman–Crippen MR) is 104 cm³/mol. The number of rotatable bonds is 17. The van der Waals surface area contributed by atoms with Crippen molar-refractivity contribution in [2.75, 3.05) is 6.54 Å². The van der Waals surface area contributed by atoms with Crippen molar-refractivity contribution in [1.82, 2.24) is 5.32 Å². The fourth-order valence-electron chi connectivity index (χ4n) is 2.73. The van der Waals surface area contributed by atoms with E-state index in [1.165, 1.54) is 38.5 Å². The van der Waals surface area contributed by atoms with Gasteiger partial charge in [0.2, 0.25) is 5.91 Å². The predicted octanol–water partition coefficient (Wildman–Crippen LogP) is 5.52. The monoisotopic (exact) mass is 339 g/mol. The van der Waals surface area contributed by atoms with Crippen molar-refractivity contribution >= 4 is 5.91 Å². The maximum atomic E-state index is 11.4. The average Bonchev–Trinajstić information content (AvgIpc) is 2.58. The van der Waals surface area contributed by atoms with Crippen molar-refractivity contribution < 1.29 is 9.90 Å². The Morgan fingerprint density at radius 1 is 0.917 bits per heavy atom. The highest BCUT2D eigenvalue weighted by atomic mass is 16.3. The number of allylic oxidation sites excluding steroid dienone is 1. The van der Waals surface area contributed by atoms with E-state index in [1.54, 1.807) is 0 Å². The maximum absolute atomic E-state index is 11.4. The van der Waals surface area contributed by atoms with Crippen LogP contribution in [0.1, 0.15) is 104 Å². The highest BCUT2D eigenvalue weighted by Gasteiger charge is 2.01. The SMILES string of the molecule is CCCCCC[C@@H](O)C/C=C\CCCCCCCC(=O)NCCC. The Morgan fingerprint density at radius 3 is 2.38 bits per heavy atom. The Morgan fingerprint density at radius 2 is 1.62 bits per heavy atom. The van der Waals surface area contributed by atoms with Gasteiger partial charge in [0.1, 0.15) is 0 Å². The first-order chi connectivity index (χ1) is 11.7. The second-order valence-corrected chi connectivity index (χ2v) is 6.87. The molecule has 0 aromatic carbocycles. The first kappa shape index (κ1) is 23.2. The summed E-state index contributed by atoms with van der Waals surface area (Å²) in [4.78, 5) is 11.4. The van der Waals surface area contributed by atoms with Crippen molar-refractivity contribution in [2.45, 2.75) is 110 Å². The van der Waals surface area contributed by atoms with E-state index < -0.39 is 0 Å². The molecule has 0 rings (SSSR count). The molecule has 0 heterocycles. The van der Waals surface area contributed by atoms with Crippen LogP contribution in [0, 0.1) is 0 Å². The summed E-state index contributed by atoms with van der Waals surface area (Å²) < 4.78 is 0. The molecule has 0 aliphatic heterocycles. The van der Waals surface area contributed by atoms with Gasteiger partial charge in [-0.3, -0.25) is 4.79 Å². The van der Waals surface area contributed by atoms with Gasteiger partial charge < -0.3 is 10.4 Å². The van der Waals surface area contributed by atoms with Crippen molar-refractivity contribution in [3.05, 3.63) is 12.2 Å². The summed E-state index contributed by atoms with van der Waals surface area (Å²) in [5, 5.41) is 12.8. The Kier molecular flexibility index (Phi) is 17.9. The Hall–Kier alpha value is -0.830. The Bertz CT molecular complexity index is 302.